The molecule has 0 spiro atoms. The van der Waals surface area contributed by atoms with Gasteiger partial charge in [0.1, 0.15) is 5.15 Å². The molecule has 6 nitrogen and oxygen atoms in total. The molecule has 2 aromatic rings. The van der Waals surface area contributed by atoms with Crippen molar-refractivity contribution in [2.45, 2.75) is 12.5 Å². The van der Waals surface area contributed by atoms with Crippen molar-refractivity contribution < 1.29 is 10.0 Å². The number of rotatable bonds is 5. The minimum Gasteiger partial charge on any atom is -0.394 e. The normalized spacial score (nSPS) is 13.5. The quantitative estimate of drug-likeness (QED) is 0.503. The number of hydrogen-bond acceptors (Lipinski definition) is 5. The van der Waals surface area contributed by atoms with E-state index in [2.05, 4.69) is 10.3 Å². The van der Waals surface area contributed by atoms with E-state index < -0.39 is 10.5 Å². The van der Waals surface area contributed by atoms with Crippen LogP contribution in [0.4, 0.5) is 11.5 Å². The number of aliphatic hydroxyl groups excluding tert-OH is 1. The van der Waals surface area contributed by atoms with Gasteiger partial charge in [0.15, 0.2) is 0 Å². The molecule has 110 valence electrons. The molecule has 0 fully saturated rings. The highest BCUT2D eigenvalue weighted by molar-refractivity contribution is 6.29. The predicted molar refractivity (Wildman–Crippen MR) is 80.4 cm³/mol. The van der Waals surface area contributed by atoms with Crippen LogP contribution in [0.25, 0.3) is 0 Å². The van der Waals surface area contributed by atoms with Crippen LogP contribution in [0, 0.1) is 10.1 Å². The molecular weight excluding hydrogens is 294 g/mol. The minimum absolute atomic E-state index is 0.0212. The first-order chi connectivity index (χ1) is 9.96. The van der Waals surface area contributed by atoms with Gasteiger partial charge in [0.05, 0.1) is 17.1 Å². The Morgan fingerprint density at radius 1 is 1.33 bits per heavy atom. The highest BCUT2D eigenvalue weighted by Crippen LogP contribution is 2.31. The van der Waals surface area contributed by atoms with Gasteiger partial charge in [-0.25, -0.2) is 4.98 Å². The molecular formula is C14H14ClN3O3. The monoisotopic (exact) mass is 307 g/mol. The second-order valence-corrected chi connectivity index (χ2v) is 5.13. The lowest BCUT2D eigenvalue weighted by atomic mass is 9.93. The van der Waals surface area contributed by atoms with Gasteiger partial charge in [-0.05, 0) is 18.6 Å². The van der Waals surface area contributed by atoms with E-state index in [9.17, 15) is 15.2 Å². The Bertz CT molecular complexity index is 651. The number of nitro groups is 1. The summed E-state index contributed by atoms with van der Waals surface area (Å²) in [7, 11) is 0. The zero-order valence-corrected chi connectivity index (χ0v) is 12.0. The van der Waals surface area contributed by atoms with Gasteiger partial charge in [0, 0.05) is 6.07 Å². The molecule has 1 aromatic carbocycles. The number of anilines is 1. The first-order valence-corrected chi connectivity index (χ1v) is 6.59. The Hall–Kier alpha value is -2.18. The zero-order chi connectivity index (χ0) is 15.5. The molecule has 7 heteroatoms. The van der Waals surface area contributed by atoms with Crippen molar-refractivity contribution in [2.75, 3.05) is 11.9 Å². The summed E-state index contributed by atoms with van der Waals surface area (Å²) in [6.45, 7) is 1.47. The maximum Gasteiger partial charge on any atom is 0.311 e. The lowest BCUT2D eigenvalue weighted by molar-refractivity contribution is -0.384. The molecule has 0 aliphatic heterocycles. The van der Waals surface area contributed by atoms with Gasteiger partial charge < -0.3 is 10.4 Å². The average molecular weight is 308 g/mol. The van der Waals surface area contributed by atoms with E-state index in [1.54, 1.807) is 6.92 Å². The van der Waals surface area contributed by atoms with Crippen LogP contribution in [-0.2, 0) is 5.54 Å². The Labute approximate surface area is 126 Å². The van der Waals surface area contributed by atoms with E-state index in [-0.39, 0.29) is 23.3 Å². The van der Waals surface area contributed by atoms with Crippen LogP contribution >= 0.6 is 11.6 Å². The number of aliphatic hydroxyl groups is 1. The van der Waals surface area contributed by atoms with E-state index in [1.807, 2.05) is 30.3 Å². The molecule has 2 rings (SSSR count). The topological polar surface area (TPSA) is 88.3 Å². The first kappa shape index (κ1) is 15.2. The second kappa shape index (κ2) is 6.07. The summed E-state index contributed by atoms with van der Waals surface area (Å²) < 4.78 is 0. The summed E-state index contributed by atoms with van der Waals surface area (Å²) >= 11 is 5.80. The Balaban J connectivity index is 2.44. The van der Waals surface area contributed by atoms with Crippen molar-refractivity contribution in [3.05, 3.63) is 63.3 Å². The van der Waals surface area contributed by atoms with E-state index in [1.165, 1.54) is 12.1 Å². The third-order valence-corrected chi connectivity index (χ3v) is 3.37. The third kappa shape index (κ3) is 3.29. The molecule has 0 bridgehead atoms. The fraction of sp³-hybridized carbons (Fsp3) is 0.214. The van der Waals surface area contributed by atoms with Crippen LogP contribution in [0.2, 0.25) is 5.15 Å². The third-order valence-electron chi connectivity index (χ3n) is 3.16. The fourth-order valence-corrected chi connectivity index (χ4v) is 2.09. The van der Waals surface area contributed by atoms with E-state index in [0.29, 0.717) is 0 Å². The molecule has 0 radical (unpaired) electrons. The number of pyridine rings is 1. The molecule has 0 saturated carbocycles. The summed E-state index contributed by atoms with van der Waals surface area (Å²) in [5.74, 6) is 0.0212. The van der Waals surface area contributed by atoms with Crippen molar-refractivity contribution in [3.63, 3.8) is 0 Å². The largest absolute Gasteiger partial charge is 0.394 e. The molecule has 1 atom stereocenters. The van der Waals surface area contributed by atoms with E-state index >= 15 is 0 Å². The molecule has 2 N–H and O–H groups in total. The van der Waals surface area contributed by atoms with Crippen molar-refractivity contribution in [1.29, 1.82) is 0 Å². The second-order valence-electron chi connectivity index (χ2n) is 4.74. The van der Waals surface area contributed by atoms with Gasteiger partial charge in [0.25, 0.3) is 0 Å². The van der Waals surface area contributed by atoms with Crippen LogP contribution in [0.15, 0.2) is 42.5 Å². The van der Waals surface area contributed by atoms with Gasteiger partial charge in [-0.2, -0.15) is 0 Å². The zero-order valence-electron chi connectivity index (χ0n) is 11.3. The summed E-state index contributed by atoms with van der Waals surface area (Å²) in [5.41, 5.74) is -0.331. The van der Waals surface area contributed by atoms with Crippen molar-refractivity contribution in [1.82, 2.24) is 4.98 Å². The van der Waals surface area contributed by atoms with Crippen LogP contribution in [0.3, 0.4) is 0 Å². The molecule has 0 saturated heterocycles. The Kier molecular flexibility index (Phi) is 4.40. The molecule has 1 unspecified atom stereocenters. The first-order valence-electron chi connectivity index (χ1n) is 6.22. The van der Waals surface area contributed by atoms with Gasteiger partial charge in [-0.1, -0.05) is 41.9 Å². The molecule has 0 aliphatic carbocycles. The molecule has 21 heavy (non-hydrogen) atoms. The number of hydrogen-bond donors (Lipinski definition) is 2. The molecule has 0 amide bonds. The number of nitrogens with one attached hydrogen (secondary N) is 1. The maximum atomic E-state index is 11.1. The lowest BCUT2D eigenvalue weighted by Crippen LogP contribution is -2.36. The van der Waals surface area contributed by atoms with E-state index in [4.69, 9.17) is 11.6 Å². The lowest BCUT2D eigenvalue weighted by Gasteiger charge is -2.29. The van der Waals surface area contributed by atoms with Gasteiger partial charge >= 0.3 is 5.69 Å². The summed E-state index contributed by atoms with van der Waals surface area (Å²) in [5, 5.41) is 23.8. The summed E-state index contributed by atoms with van der Waals surface area (Å²) in [6, 6.07) is 11.8. The molecule has 1 heterocycles. The van der Waals surface area contributed by atoms with Crippen molar-refractivity contribution in [2.24, 2.45) is 0 Å². The molecule has 1 aromatic heterocycles. The average Bonchev–Trinajstić information content (AvgIpc) is 2.47. The van der Waals surface area contributed by atoms with Gasteiger partial charge in [-0.15, -0.1) is 0 Å². The number of benzene rings is 1. The van der Waals surface area contributed by atoms with Crippen molar-refractivity contribution in [3.8, 4) is 0 Å². The fourth-order valence-electron chi connectivity index (χ4n) is 1.94. The van der Waals surface area contributed by atoms with Gasteiger partial charge in [0.2, 0.25) is 5.82 Å². The highest BCUT2D eigenvalue weighted by atomic mass is 35.5. The van der Waals surface area contributed by atoms with Crippen LogP contribution in [0.5, 0.6) is 0 Å². The van der Waals surface area contributed by atoms with Crippen LogP contribution in [-0.4, -0.2) is 21.6 Å². The van der Waals surface area contributed by atoms with Crippen LogP contribution in [0.1, 0.15) is 12.5 Å². The number of nitrogens with zero attached hydrogens (tertiary/aromatic N) is 2. The smallest absolute Gasteiger partial charge is 0.311 e. The van der Waals surface area contributed by atoms with Crippen molar-refractivity contribution >= 4 is 23.1 Å². The Morgan fingerprint density at radius 3 is 2.57 bits per heavy atom. The molecule has 0 aliphatic rings. The van der Waals surface area contributed by atoms with E-state index in [0.717, 1.165) is 5.56 Å². The Morgan fingerprint density at radius 2 is 2.00 bits per heavy atom. The standard InChI is InChI=1S/C14H14ClN3O3/c1-14(9-19,10-5-3-2-4-6-10)17-13-11(18(20)21)7-8-12(15)16-13/h2-8,19H,9H2,1H3,(H,16,17). The van der Waals surface area contributed by atoms with Gasteiger partial charge in [-0.3, -0.25) is 10.1 Å². The van der Waals surface area contributed by atoms with Crippen LogP contribution < -0.4 is 5.32 Å². The summed E-state index contributed by atoms with van der Waals surface area (Å²) in [6.07, 6.45) is 0. The minimum atomic E-state index is -0.913. The predicted octanol–water partition coefficient (Wildman–Crippen LogP) is 2.96. The highest BCUT2D eigenvalue weighted by Gasteiger charge is 2.29. The number of aromatic nitrogens is 1. The summed E-state index contributed by atoms with van der Waals surface area (Å²) in [4.78, 5) is 14.5. The maximum absolute atomic E-state index is 11.1. The SMILES string of the molecule is CC(CO)(Nc1nc(Cl)ccc1[N+](=O)[O-])c1ccccc1. The number of halogens is 1.